The van der Waals surface area contributed by atoms with Crippen LogP contribution in [0, 0.1) is 0 Å². The summed E-state index contributed by atoms with van der Waals surface area (Å²) in [6.45, 7) is 0.488. The predicted octanol–water partition coefficient (Wildman–Crippen LogP) is 1.57. The van der Waals surface area contributed by atoms with E-state index in [2.05, 4.69) is 20.2 Å². The van der Waals surface area contributed by atoms with Crippen LogP contribution in [0.5, 0.6) is 0 Å². The van der Waals surface area contributed by atoms with Crippen LogP contribution in [-0.2, 0) is 52.9 Å². The van der Waals surface area contributed by atoms with E-state index >= 15 is 0 Å². The Bertz CT molecular complexity index is 883. The van der Waals surface area contributed by atoms with E-state index in [1.54, 1.807) is 15.6 Å². The van der Waals surface area contributed by atoms with Gasteiger partial charge in [-0.2, -0.15) is 15.2 Å². The maximum Gasteiger partial charge on any atom is 2.00 e. The maximum absolute atomic E-state index is 5.05. The van der Waals surface area contributed by atoms with Crippen molar-refractivity contribution in [3.63, 3.8) is 0 Å². The zero-order chi connectivity index (χ0) is 15.8. The molecule has 4 aromatic rings. The Hall–Kier alpha value is -2.03. The molecular weight excluding hydrogens is 531 g/mol. The fourth-order valence-electron chi connectivity index (χ4n) is 2.09. The molecule has 0 aromatic carbocycles. The van der Waals surface area contributed by atoms with Gasteiger partial charge in [-0.25, -0.2) is 9.67 Å². The molecule has 0 bridgehead atoms. The van der Waals surface area contributed by atoms with Crippen LogP contribution >= 0.6 is 0 Å². The summed E-state index contributed by atoms with van der Waals surface area (Å²) in [7, 11) is 0. The maximum atomic E-state index is 5.05. The molecule has 0 saturated carbocycles. The molecule has 0 spiro atoms. The quantitative estimate of drug-likeness (QED) is 0.362. The number of hydrogen-bond donors (Lipinski definition) is 0. The summed E-state index contributed by atoms with van der Waals surface area (Å²) in [6.07, 6.45) is 6.20. The van der Waals surface area contributed by atoms with Gasteiger partial charge in [0, 0.05) is 22.6 Å². The first kappa shape index (κ1) is 16.8. The summed E-state index contributed by atoms with van der Waals surface area (Å²) >= 11 is 10.1. The molecule has 24 heavy (non-hydrogen) atoms. The second-order valence-corrected chi connectivity index (χ2v) is 5.34. The van der Waals surface area contributed by atoms with Crippen LogP contribution in [0.1, 0.15) is 5.69 Å². The van der Waals surface area contributed by atoms with Crippen molar-refractivity contribution in [2.45, 2.75) is 16.7 Å². The zero-order valence-electron chi connectivity index (χ0n) is 11.8. The normalized spacial score (nSPS) is 10.7. The van der Waals surface area contributed by atoms with E-state index in [0.29, 0.717) is 33.9 Å². The molecule has 8 nitrogen and oxygen atoms in total. The summed E-state index contributed by atoms with van der Waals surface area (Å²) in [5.41, 5.74) is 2.02. The minimum absolute atomic E-state index is 0. The van der Waals surface area contributed by atoms with Crippen LogP contribution in [0.25, 0.3) is 17.2 Å². The van der Waals surface area contributed by atoms with Crippen molar-refractivity contribution in [2.75, 3.05) is 0 Å². The third-order valence-electron chi connectivity index (χ3n) is 3.12. The molecule has 0 aliphatic carbocycles. The number of hydrogen-bond acceptors (Lipinski definition) is 8. The number of aromatic nitrogens is 6. The van der Waals surface area contributed by atoms with E-state index in [1.165, 1.54) is 12.8 Å². The molecule has 4 rings (SSSR count). The fourth-order valence-corrected chi connectivity index (χ4v) is 2.48. The van der Waals surface area contributed by atoms with E-state index in [1.807, 2.05) is 18.3 Å². The van der Waals surface area contributed by atoms with Gasteiger partial charge in [0.05, 0.1) is 12.2 Å². The van der Waals surface area contributed by atoms with E-state index < -0.39 is 0 Å². The summed E-state index contributed by atoms with van der Waals surface area (Å²) < 4.78 is 13.3. The molecule has 0 atom stereocenters. The first-order chi connectivity index (χ1) is 11.2. The molecule has 0 radical (unpaired) electrons. The monoisotopic (exact) mass is 539 g/mol. The molecule has 124 valence electrons. The zero-order valence-corrected chi connectivity index (χ0v) is 15.7. The van der Waals surface area contributed by atoms with Gasteiger partial charge in [-0.05, 0) is 12.1 Å². The topological polar surface area (TPSA) is 87.7 Å². The molecule has 0 aliphatic heterocycles. The summed E-state index contributed by atoms with van der Waals surface area (Å²) in [5.74, 6) is 0.491. The fraction of sp³-hybridized carbons (Fsp3) is 0.0769. The number of oxazole rings is 2. The van der Waals surface area contributed by atoms with E-state index in [9.17, 15) is 0 Å². The van der Waals surface area contributed by atoms with Crippen molar-refractivity contribution >= 4 is 25.3 Å². The summed E-state index contributed by atoms with van der Waals surface area (Å²) in [5, 5.41) is 9.45. The van der Waals surface area contributed by atoms with Gasteiger partial charge in [0.1, 0.15) is 11.4 Å². The first-order valence-electron chi connectivity index (χ1n) is 6.50. The smallest absolute Gasteiger partial charge is 0.740 e. The SMILES string of the molecule is [Pt+2].[S-]c1ocnc1-c1ccn(Cc2ccn(-c3ncoc3[S-])n2)n1. The van der Waals surface area contributed by atoms with Crippen molar-refractivity contribution in [3.8, 4) is 17.2 Å². The molecule has 0 unspecified atom stereocenters. The van der Waals surface area contributed by atoms with E-state index in [0.717, 1.165) is 5.69 Å². The Morgan fingerprint density at radius 1 is 0.958 bits per heavy atom. The van der Waals surface area contributed by atoms with Crippen LogP contribution < -0.4 is 0 Å². The van der Waals surface area contributed by atoms with Gasteiger partial charge in [-0.1, -0.05) is 0 Å². The Kier molecular flexibility index (Phi) is 4.79. The molecular formula is C13H8N6O2PtS2. The molecule has 4 aromatic heterocycles. The minimum Gasteiger partial charge on any atom is -0.740 e. The molecule has 0 fully saturated rings. The van der Waals surface area contributed by atoms with Gasteiger partial charge in [0.25, 0.3) is 0 Å². The number of nitrogens with zero attached hydrogens (tertiary/aromatic N) is 6. The molecule has 4 heterocycles. The Morgan fingerprint density at radius 2 is 1.75 bits per heavy atom. The molecule has 0 aliphatic rings. The third-order valence-corrected chi connectivity index (χ3v) is 3.69. The average molecular weight is 539 g/mol. The van der Waals surface area contributed by atoms with Crippen LogP contribution in [0.3, 0.4) is 0 Å². The van der Waals surface area contributed by atoms with Crippen molar-refractivity contribution in [1.29, 1.82) is 0 Å². The summed E-state index contributed by atoms with van der Waals surface area (Å²) in [6, 6.07) is 3.68. The Balaban J connectivity index is 0.00000169. The minimum atomic E-state index is 0. The van der Waals surface area contributed by atoms with Crippen molar-refractivity contribution in [3.05, 3.63) is 43.0 Å². The van der Waals surface area contributed by atoms with Gasteiger partial charge < -0.3 is 34.1 Å². The molecule has 11 heteroatoms. The van der Waals surface area contributed by atoms with Crippen molar-refractivity contribution < 1.29 is 29.9 Å². The van der Waals surface area contributed by atoms with Crippen LogP contribution in [0.15, 0.2) is 56.3 Å². The van der Waals surface area contributed by atoms with Gasteiger partial charge in [0.2, 0.25) is 0 Å². The molecule has 0 saturated heterocycles. The Labute approximate surface area is 161 Å². The molecule has 0 amide bonds. The van der Waals surface area contributed by atoms with Gasteiger partial charge in [-0.15, -0.1) is 0 Å². The van der Waals surface area contributed by atoms with Gasteiger partial charge >= 0.3 is 21.1 Å². The van der Waals surface area contributed by atoms with Crippen molar-refractivity contribution in [1.82, 2.24) is 29.5 Å². The average Bonchev–Trinajstić information content (AvgIpc) is 3.27. The van der Waals surface area contributed by atoms with Gasteiger partial charge in [0.15, 0.2) is 18.6 Å². The summed E-state index contributed by atoms with van der Waals surface area (Å²) in [4.78, 5) is 8.09. The van der Waals surface area contributed by atoms with Crippen molar-refractivity contribution in [2.24, 2.45) is 0 Å². The predicted molar refractivity (Wildman–Crippen MR) is 81.7 cm³/mol. The third kappa shape index (κ3) is 3.12. The second kappa shape index (κ2) is 6.84. The number of rotatable bonds is 4. The standard InChI is InChI=1S/C13H10N6O2S2.Pt/c22-12-10(14-6-20-12)9-2-3-18(17-9)5-8-1-4-19(16-8)11-13(23)21-7-15-11;/h1-4,6-7,22-23H,5H2;/q;+2/p-2. The van der Waals surface area contributed by atoms with Gasteiger partial charge in [-0.3, -0.25) is 4.68 Å². The largest absolute Gasteiger partial charge is 2.00 e. The second-order valence-electron chi connectivity index (χ2n) is 4.60. The van der Waals surface area contributed by atoms with E-state index in [-0.39, 0.29) is 21.1 Å². The van der Waals surface area contributed by atoms with Crippen LogP contribution in [-0.4, -0.2) is 29.5 Å². The molecule has 0 N–H and O–H groups in total. The van der Waals surface area contributed by atoms with E-state index in [4.69, 9.17) is 34.1 Å². The van der Waals surface area contributed by atoms with Crippen LogP contribution in [0.2, 0.25) is 0 Å². The van der Waals surface area contributed by atoms with Crippen LogP contribution in [0.4, 0.5) is 0 Å². The first-order valence-corrected chi connectivity index (χ1v) is 7.32. The Morgan fingerprint density at radius 3 is 2.46 bits per heavy atom.